The molecule has 3 aliphatic rings. The highest BCUT2D eigenvalue weighted by Gasteiger charge is 2.63. The number of rotatable bonds is 3. The topological polar surface area (TPSA) is 64.4 Å². The molecule has 0 saturated carbocycles. The number of aromatic nitrogens is 2. The summed E-state index contributed by atoms with van der Waals surface area (Å²) in [6.45, 7) is 4.41. The number of imide groups is 1. The number of carbonyl (C=O) groups is 2. The normalized spacial score (nSPS) is 29.7. The van der Waals surface area contributed by atoms with Crippen molar-refractivity contribution in [3.8, 4) is 0 Å². The van der Waals surface area contributed by atoms with E-state index in [4.69, 9.17) is 4.74 Å². The van der Waals surface area contributed by atoms with Crippen LogP contribution in [0.25, 0.3) is 0 Å². The zero-order chi connectivity index (χ0) is 18.0. The van der Waals surface area contributed by atoms with Gasteiger partial charge < -0.3 is 4.74 Å². The lowest BCUT2D eigenvalue weighted by Gasteiger charge is -2.18. The highest BCUT2D eigenvalue weighted by atomic mass is 16.5. The molecule has 2 amide bonds. The van der Waals surface area contributed by atoms with E-state index in [1.807, 2.05) is 48.9 Å². The molecule has 134 valence electrons. The molecule has 0 N–H and O–H groups in total. The Balaban J connectivity index is 1.51. The van der Waals surface area contributed by atoms with Gasteiger partial charge in [-0.3, -0.25) is 14.3 Å². The van der Waals surface area contributed by atoms with Crippen molar-refractivity contribution in [2.45, 2.75) is 45.4 Å². The lowest BCUT2D eigenvalue weighted by molar-refractivity contribution is -0.124. The Hall–Kier alpha value is -2.47. The summed E-state index contributed by atoms with van der Waals surface area (Å²) in [7, 11) is 0. The molecule has 4 atom stereocenters. The Labute approximate surface area is 151 Å². The summed E-state index contributed by atoms with van der Waals surface area (Å²) in [5, 5.41) is 4.61. The molecule has 26 heavy (non-hydrogen) atoms. The van der Waals surface area contributed by atoms with E-state index >= 15 is 0 Å². The Morgan fingerprint density at radius 2 is 1.65 bits per heavy atom. The standard InChI is InChI=1S/C20H21N3O3/c1-11-18(12(2)22(21-11)10-13-6-4-3-5-7-13)23-19(24)16-14-8-9-15(26-14)17(16)20(23)25/h3-7,14-17H,8-10H2,1-2H3/t14-,15-,16-,17+/m0/s1. The van der Waals surface area contributed by atoms with Crippen molar-refractivity contribution >= 4 is 17.5 Å². The molecule has 2 aromatic rings. The van der Waals surface area contributed by atoms with Crippen molar-refractivity contribution < 1.29 is 14.3 Å². The third-order valence-electron chi connectivity index (χ3n) is 6.03. The predicted octanol–water partition coefficient (Wildman–Crippen LogP) is 2.22. The lowest BCUT2D eigenvalue weighted by atomic mass is 9.81. The van der Waals surface area contributed by atoms with Crippen LogP contribution in [0.5, 0.6) is 0 Å². The summed E-state index contributed by atoms with van der Waals surface area (Å²) in [6, 6.07) is 10.1. The number of fused-ring (bicyclic) bond motifs is 5. The van der Waals surface area contributed by atoms with Crippen molar-refractivity contribution in [3.05, 3.63) is 47.3 Å². The monoisotopic (exact) mass is 351 g/mol. The summed E-state index contributed by atoms with van der Waals surface area (Å²) in [6.07, 6.45) is 1.58. The number of hydrogen-bond acceptors (Lipinski definition) is 4. The van der Waals surface area contributed by atoms with E-state index in [0.29, 0.717) is 17.9 Å². The molecule has 0 unspecified atom stereocenters. The fourth-order valence-electron chi connectivity index (χ4n) is 4.85. The van der Waals surface area contributed by atoms with E-state index in [1.165, 1.54) is 4.90 Å². The van der Waals surface area contributed by atoms with Crippen LogP contribution in [-0.2, 0) is 20.9 Å². The van der Waals surface area contributed by atoms with Gasteiger partial charge in [-0.25, -0.2) is 4.90 Å². The quantitative estimate of drug-likeness (QED) is 0.796. The second kappa shape index (κ2) is 5.51. The average Bonchev–Trinajstić information content (AvgIpc) is 3.36. The minimum atomic E-state index is -0.308. The number of carbonyl (C=O) groups excluding carboxylic acids is 2. The Kier molecular flexibility index (Phi) is 3.34. The summed E-state index contributed by atoms with van der Waals surface area (Å²) in [5.41, 5.74) is 3.35. The number of anilines is 1. The highest BCUT2D eigenvalue weighted by molar-refractivity contribution is 6.23. The summed E-state index contributed by atoms with van der Waals surface area (Å²) in [5.74, 6) is -0.842. The first kappa shape index (κ1) is 15.8. The van der Waals surface area contributed by atoms with Gasteiger partial charge in [-0.1, -0.05) is 30.3 Å². The zero-order valence-electron chi connectivity index (χ0n) is 14.9. The molecule has 0 aliphatic carbocycles. The van der Waals surface area contributed by atoms with Crippen molar-refractivity contribution in [1.82, 2.24) is 9.78 Å². The van der Waals surface area contributed by atoms with Crippen LogP contribution in [0.3, 0.4) is 0 Å². The van der Waals surface area contributed by atoms with Gasteiger partial charge in [0, 0.05) is 0 Å². The van der Waals surface area contributed by atoms with E-state index in [2.05, 4.69) is 5.10 Å². The SMILES string of the molecule is Cc1nn(Cc2ccccc2)c(C)c1N1C(=O)[C@@H]2[C@H](C1=O)[C@@H]1CC[C@@H]2O1. The molecule has 2 bridgehead atoms. The van der Waals surface area contributed by atoms with Crippen LogP contribution < -0.4 is 4.90 Å². The van der Waals surface area contributed by atoms with Crippen LogP contribution in [0.2, 0.25) is 0 Å². The first-order valence-electron chi connectivity index (χ1n) is 9.17. The van der Waals surface area contributed by atoms with Crippen LogP contribution in [0.4, 0.5) is 5.69 Å². The lowest BCUT2D eigenvalue weighted by Crippen LogP contribution is -2.35. The molecule has 0 spiro atoms. The van der Waals surface area contributed by atoms with Crippen molar-refractivity contribution in [2.75, 3.05) is 4.90 Å². The van der Waals surface area contributed by atoms with Gasteiger partial charge in [0.15, 0.2) is 0 Å². The molecular formula is C20H21N3O3. The fourth-order valence-corrected chi connectivity index (χ4v) is 4.85. The van der Waals surface area contributed by atoms with Gasteiger partial charge in [0.05, 0.1) is 47.7 Å². The first-order valence-corrected chi connectivity index (χ1v) is 9.17. The maximum atomic E-state index is 13.0. The Bertz CT molecular complexity index is 877. The minimum Gasteiger partial charge on any atom is -0.373 e. The molecule has 1 aromatic carbocycles. The van der Waals surface area contributed by atoms with Gasteiger partial charge in [0.1, 0.15) is 0 Å². The fraction of sp³-hybridized carbons (Fsp3) is 0.450. The number of hydrogen-bond donors (Lipinski definition) is 0. The van der Waals surface area contributed by atoms with E-state index in [-0.39, 0.29) is 35.9 Å². The maximum absolute atomic E-state index is 13.0. The average molecular weight is 351 g/mol. The summed E-state index contributed by atoms with van der Waals surface area (Å²) in [4.78, 5) is 27.5. The predicted molar refractivity (Wildman–Crippen MR) is 94.6 cm³/mol. The van der Waals surface area contributed by atoms with Gasteiger partial charge in [0.25, 0.3) is 0 Å². The van der Waals surface area contributed by atoms with E-state index < -0.39 is 0 Å². The molecule has 1 aromatic heterocycles. The van der Waals surface area contributed by atoms with Crippen LogP contribution in [-0.4, -0.2) is 33.8 Å². The Morgan fingerprint density at radius 1 is 1.04 bits per heavy atom. The van der Waals surface area contributed by atoms with Crippen LogP contribution >= 0.6 is 0 Å². The maximum Gasteiger partial charge on any atom is 0.240 e. The smallest absolute Gasteiger partial charge is 0.240 e. The molecule has 6 nitrogen and oxygen atoms in total. The molecule has 3 fully saturated rings. The third kappa shape index (κ3) is 2.05. The molecule has 6 heteroatoms. The Morgan fingerprint density at radius 3 is 2.27 bits per heavy atom. The van der Waals surface area contributed by atoms with Gasteiger partial charge >= 0.3 is 0 Å². The summed E-state index contributed by atoms with van der Waals surface area (Å²) < 4.78 is 7.69. The van der Waals surface area contributed by atoms with Crippen molar-refractivity contribution in [2.24, 2.45) is 11.8 Å². The number of amides is 2. The number of ether oxygens (including phenoxy) is 1. The van der Waals surface area contributed by atoms with Gasteiger partial charge in [-0.05, 0) is 32.3 Å². The third-order valence-corrected chi connectivity index (χ3v) is 6.03. The second-order valence-electron chi connectivity index (χ2n) is 7.52. The van der Waals surface area contributed by atoms with Gasteiger partial charge in [-0.15, -0.1) is 0 Å². The highest BCUT2D eigenvalue weighted by Crippen LogP contribution is 2.50. The largest absolute Gasteiger partial charge is 0.373 e. The van der Waals surface area contributed by atoms with Crippen LogP contribution in [0.15, 0.2) is 30.3 Å². The minimum absolute atomic E-state index is 0.0913. The van der Waals surface area contributed by atoms with E-state index in [9.17, 15) is 9.59 Å². The molecule has 3 aliphatic heterocycles. The molecule has 0 radical (unpaired) electrons. The molecule has 4 heterocycles. The van der Waals surface area contributed by atoms with Crippen LogP contribution in [0, 0.1) is 25.7 Å². The van der Waals surface area contributed by atoms with Crippen molar-refractivity contribution in [1.29, 1.82) is 0 Å². The van der Waals surface area contributed by atoms with Gasteiger partial charge in [0.2, 0.25) is 11.8 Å². The number of aryl methyl sites for hydroxylation is 1. The van der Waals surface area contributed by atoms with E-state index in [0.717, 1.165) is 24.1 Å². The van der Waals surface area contributed by atoms with Crippen molar-refractivity contribution in [3.63, 3.8) is 0 Å². The molecule has 5 rings (SSSR count). The second-order valence-corrected chi connectivity index (χ2v) is 7.52. The molecule has 3 saturated heterocycles. The first-order chi connectivity index (χ1) is 12.6. The zero-order valence-corrected chi connectivity index (χ0v) is 14.9. The van der Waals surface area contributed by atoms with E-state index in [1.54, 1.807) is 0 Å². The van der Waals surface area contributed by atoms with Gasteiger partial charge in [-0.2, -0.15) is 5.10 Å². The number of benzene rings is 1. The van der Waals surface area contributed by atoms with Crippen LogP contribution in [0.1, 0.15) is 29.8 Å². The molecular weight excluding hydrogens is 330 g/mol. The summed E-state index contributed by atoms with van der Waals surface area (Å²) >= 11 is 0. The number of nitrogens with zero attached hydrogens (tertiary/aromatic N) is 3.